The predicted octanol–water partition coefficient (Wildman–Crippen LogP) is 3.89. The molecule has 1 amide bonds. The Morgan fingerprint density at radius 2 is 1.65 bits per heavy atom. The van der Waals surface area contributed by atoms with Crippen molar-refractivity contribution in [3.05, 3.63) is 71.8 Å². The summed E-state index contributed by atoms with van der Waals surface area (Å²) in [4.78, 5) is 26.3. The maximum absolute atomic E-state index is 12.9. The normalized spacial score (nSPS) is 19.8. The van der Waals surface area contributed by atoms with Gasteiger partial charge < -0.3 is 14.7 Å². The molecule has 166 valence electrons. The molecule has 2 unspecified atom stereocenters. The highest BCUT2D eigenvalue weighted by atomic mass is 16.6. The molecule has 6 nitrogen and oxygen atoms in total. The molecule has 31 heavy (non-hydrogen) atoms. The van der Waals surface area contributed by atoms with Gasteiger partial charge in [-0.15, -0.1) is 0 Å². The molecule has 3 atom stereocenters. The van der Waals surface area contributed by atoms with Crippen LogP contribution in [0.15, 0.2) is 60.7 Å². The number of hydrogen-bond acceptors (Lipinski definition) is 4. The van der Waals surface area contributed by atoms with Crippen LogP contribution in [0.1, 0.15) is 38.3 Å². The second-order valence-electron chi connectivity index (χ2n) is 9.15. The minimum atomic E-state index is -0.929. The number of esters is 1. The molecule has 2 N–H and O–H groups in total. The van der Waals surface area contributed by atoms with Crippen LogP contribution < -0.4 is 5.32 Å². The van der Waals surface area contributed by atoms with Gasteiger partial charge in [-0.05, 0) is 51.2 Å². The number of amides is 1. The fourth-order valence-electron chi connectivity index (χ4n) is 4.07. The molecule has 1 saturated heterocycles. The Bertz CT molecular complexity index is 864. The van der Waals surface area contributed by atoms with Gasteiger partial charge in [0.15, 0.2) is 0 Å². The molecule has 1 heterocycles. The maximum Gasteiger partial charge on any atom is 0.407 e. The van der Waals surface area contributed by atoms with Crippen LogP contribution in [0, 0.1) is 0 Å². The molecular formula is C25H32N2O4. The Morgan fingerprint density at radius 3 is 2.19 bits per heavy atom. The third-order valence-corrected chi connectivity index (χ3v) is 5.39. The second-order valence-corrected chi connectivity index (χ2v) is 9.15. The average molecular weight is 425 g/mol. The van der Waals surface area contributed by atoms with E-state index in [1.165, 1.54) is 4.90 Å². The standard InChI is InChI=1S/C25H32N2O4/c1-25(2,3)31-23(28)22(15-19-12-8-5-9-13-19)26-20-16-21(27(17-20)24(29)30)14-18-10-6-4-7-11-18/h4-13,20-22,26H,14-17H2,1-3H3,(H,29,30)/t20?,21?,22-/m0/s1. The molecule has 3 rings (SSSR count). The molecule has 1 aliphatic rings. The summed E-state index contributed by atoms with van der Waals surface area (Å²) in [5, 5.41) is 13.1. The van der Waals surface area contributed by atoms with Gasteiger partial charge in [0, 0.05) is 18.6 Å². The Hall–Kier alpha value is -2.86. The number of carboxylic acid groups (broad SMARTS) is 1. The Balaban J connectivity index is 1.73. The number of likely N-dealkylation sites (tertiary alicyclic amines) is 1. The molecule has 0 aromatic heterocycles. The first-order chi connectivity index (χ1) is 14.7. The first kappa shape index (κ1) is 22.8. The summed E-state index contributed by atoms with van der Waals surface area (Å²) < 4.78 is 5.65. The van der Waals surface area contributed by atoms with Crippen LogP contribution in [0.3, 0.4) is 0 Å². The smallest absolute Gasteiger partial charge is 0.407 e. The van der Waals surface area contributed by atoms with E-state index in [2.05, 4.69) is 5.32 Å². The highest BCUT2D eigenvalue weighted by molar-refractivity contribution is 5.76. The average Bonchev–Trinajstić information content (AvgIpc) is 3.10. The number of rotatable bonds is 7. The van der Waals surface area contributed by atoms with E-state index in [-0.39, 0.29) is 18.1 Å². The fraction of sp³-hybridized carbons (Fsp3) is 0.440. The van der Waals surface area contributed by atoms with Crippen LogP contribution in [0.25, 0.3) is 0 Å². The number of hydrogen-bond donors (Lipinski definition) is 2. The van der Waals surface area contributed by atoms with E-state index in [4.69, 9.17) is 4.74 Å². The monoisotopic (exact) mass is 424 g/mol. The zero-order valence-electron chi connectivity index (χ0n) is 18.5. The summed E-state index contributed by atoms with van der Waals surface area (Å²) in [5.74, 6) is -0.315. The van der Waals surface area contributed by atoms with Crippen LogP contribution in [0.5, 0.6) is 0 Å². The minimum Gasteiger partial charge on any atom is -0.465 e. The van der Waals surface area contributed by atoms with Crippen molar-refractivity contribution in [2.45, 2.75) is 63.8 Å². The number of nitrogens with zero attached hydrogens (tertiary/aromatic N) is 1. The summed E-state index contributed by atoms with van der Waals surface area (Å²) in [5.41, 5.74) is 1.54. The zero-order chi connectivity index (χ0) is 22.4. The number of benzene rings is 2. The maximum atomic E-state index is 12.9. The van der Waals surface area contributed by atoms with Gasteiger partial charge in [0.05, 0.1) is 0 Å². The highest BCUT2D eigenvalue weighted by Gasteiger charge is 2.37. The van der Waals surface area contributed by atoms with E-state index < -0.39 is 17.7 Å². The molecule has 0 radical (unpaired) electrons. The van der Waals surface area contributed by atoms with Crippen LogP contribution in [-0.4, -0.2) is 52.3 Å². The third-order valence-electron chi connectivity index (χ3n) is 5.39. The molecule has 1 aliphatic heterocycles. The van der Waals surface area contributed by atoms with Gasteiger partial charge in [0.1, 0.15) is 11.6 Å². The number of nitrogens with one attached hydrogen (secondary N) is 1. The number of carbonyl (C=O) groups is 2. The van der Waals surface area contributed by atoms with Crippen molar-refractivity contribution in [1.82, 2.24) is 10.2 Å². The molecule has 1 fully saturated rings. The van der Waals surface area contributed by atoms with Crippen molar-refractivity contribution in [2.75, 3.05) is 6.54 Å². The third kappa shape index (κ3) is 6.82. The van der Waals surface area contributed by atoms with Crippen LogP contribution >= 0.6 is 0 Å². The molecule has 0 bridgehead atoms. The molecule has 0 saturated carbocycles. The van der Waals surface area contributed by atoms with Gasteiger partial charge in [0.25, 0.3) is 0 Å². The van der Waals surface area contributed by atoms with Gasteiger partial charge in [-0.3, -0.25) is 10.1 Å². The minimum absolute atomic E-state index is 0.119. The summed E-state index contributed by atoms with van der Waals surface area (Å²) in [6.07, 6.45) is 0.862. The second kappa shape index (κ2) is 9.96. The van der Waals surface area contributed by atoms with E-state index in [0.717, 1.165) is 11.1 Å². The molecule has 2 aromatic rings. The first-order valence-electron chi connectivity index (χ1n) is 10.8. The molecular weight excluding hydrogens is 392 g/mol. The summed E-state index contributed by atoms with van der Waals surface area (Å²) in [7, 11) is 0. The predicted molar refractivity (Wildman–Crippen MR) is 120 cm³/mol. The summed E-state index contributed by atoms with van der Waals surface area (Å²) in [6, 6.07) is 18.9. The van der Waals surface area contributed by atoms with Crippen molar-refractivity contribution in [1.29, 1.82) is 0 Å². The molecule has 6 heteroatoms. The van der Waals surface area contributed by atoms with Gasteiger partial charge in [0.2, 0.25) is 0 Å². The largest absolute Gasteiger partial charge is 0.465 e. The van der Waals surface area contributed by atoms with Gasteiger partial charge in [-0.2, -0.15) is 0 Å². The number of carbonyl (C=O) groups excluding carboxylic acids is 1. The summed E-state index contributed by atoms with van der Waals surface area (Å²) in [6.45, 7) is 5.90. The highest BCUT2D eigenvalue weighted by Crippen LogP contribution is 2.23. The van der Waals surface area contributed by atoms with Crippen molar-refractivity contribution < 1.29 is 19.4 Å². The lowest BCUT2D eigenvalue weighted by Gasteiger charge is -2.26. The number of ether oxygens (including phenoxy) is 1. The molecule has 2 aromatic carbocycles. The zero-order valence-corrected chi connectivity index (χ0v) is 18.5. The summed E-state index contributed by atoms with van der Waals surface area (Å²) >= 11 is 0. The van der Waals surface area contributed by atoms with Crippen LogP contribution in [-0.2, 0) is 22.4 Å². The quantitative estimate of drug-likeness (QED) is 0.659. The van der Waals surface area contributed by atoms with Crippen molar-refractivity contribution >= 4 is 12.1 Å². The van der Waals surface area contributed by atoms with E-state index in [1.54, 1.807) is 0 Å². The SMILES string of the molecule is CC(C)(C)OC(=O)[C@H](Cc1ccccc1)NC1CC(Cc2ccccc2)N(C(=O)O)C1. The van der Waals surface area contributed by atoms with E-state index in [1.807, 2.05) is 81.4 Å². The lowest BCUT2D eigenvalue weighted by molar-refractivity contribution is -0.157. The Kier molecular flexibility index (Phi) is 7.33. The lowest BCUT2D eigenvalue weighted by atomic mass is 10.0. The van der Waals surface area contributed by atoms with Crippen molar-refractivity contribution in [3.8, 4) is 0 Å². The fourth-order valence-corrected chi connectivity index (χ4v) is 4.07. The first-order valence-corrected chi connectivity index (χ1v) is 10.8. The lowest BCUT2D eigenvalue weighted by Crippen LogP contribution is -2.48. The van der Waals surface area contributed by atoms with E-state index >= 15 is 0 Å². The molecule has 0 spiro atoms. The Morgan fingerprint density at radius 1 is 1.06 bits per heavy atom. The van der Waals surface area contributed by atoms with Gasteiger partial charge >= 0.3 is 12.1 Å². The van der Waals surface area contributed by atoms with E-state index in [0.29, 0.717) is 25.8 Å². The van der Waals surface area contributed by atoms with Crippen molar-refractivity contribution in [2.24, 2.45) is 0 Å². The molecule has 0 aliphatic carbocycles. The topological polar surface area (TPSA) is 78.9 Å². The van der Waals surface area contributed by atoms with Crippen molar-refractivity contribution in [3.63, 3.8) is 0 Å². The van der Waals surface area contributed by atoms with Gasteiger partial charge in [-0.25, -0.2) is 4.79 Å². The Labute approximate surface area is 184 Å². The van der Waals surface area contributed by atoms with Crippen LogP contribution in [0.4, 0.5) is 4.79 Å². The van der Waals surface area contributed by atoms with Gasteiger partial charge in [-0.1, -0.05) is 60.7 Å². The van der Waals surface area contributed by atoms with E-state index in [9.17, 15) is 14.7 Å². The van der Waals surface area contributed by atoms with Crippen LogP contribution in [0.2, 0.25) is 0 Å².